The third-order valence-electron chi connectivity index (χ3n) is 10.9. The van der Waals surface area contributed by atoms with Gasteiger partial charge >= 0.3 is 0 Å². The minimum Gasteiger partial charge on any atom is -0.309 e. The van der Waals surface area contributed by atoms with Gasteiger partial charge in [-0.25, -0.2) is 4.98 Å². The second kappa shape index (κ2) is 11.4. The van der Waals surface area contributed by atoms with Gasteiger partial charge in [0.1, 0.15) is 0 Å². The minimum atomic E-state index is -0.205. The quantitative estimate of drug-likeness (QED) is 0.188. The van der Waals surface area contributed by atoms with E-state index in [1.165, 1.54) is 38.5 Å². The summed E-state index contributed by atoms with van der Waals surface area (Å²) < 4.78 is 2.47. The number of para-hydroxylation sites is 2. The van der Waals surface area contributed by atoms with Crippen LogP contribution in [0.15, 0.2) is 164 Å². The molecule has 2 heterocycles. The fourth-order valence-electron chi connectivity index (χ4n) is 8.58. The molecule has 1 aliphatic carbocycles. The standard InChI is InChI=1S/C49H33N3/c1-49(2)43-20-9-6-17-37(43)40-23-24-41-39-19-8-11-22-46(39)52(48(41)47(40)49)36-27-34(33-16-12-13-31(25-33)30-50)26-35(28-36)45-29-42(32-14-4-3-5-15-32)38-18-7-10-21-44(38)51-45/h3-29H,1-2H3. The summed E-state index contributed by atoms with van der Waals surface area (Å²) in [4.78, 5) is 5.29. The zero-order chi connectivity index (χ0) is 35.0. The lowest BCUT2D eigenvalue weighted by atomic mass is 9.81. The molecule has 0 atom stereocenters. The van der Waals surface area contributed by atoms with Crippen LogP contribution in [-0.4, -0.2) is 9.55 Å². The SMILES string of the molecule is CC1(C)c2ccccc2-c2ccc3c4ccccc4n(-c4cc(-c5cccc(C#N)c5)cc(-c5cc(-c6ccccc6)c6ccccc6n5)c4)c3c21. The van der Waals surface area contributed by atoms with Crippen LogP contribution in [0.1, 0.15) is 30.5 Å². The number of nitriles is 1. The summed E-state index contributed by atoms with van der Waals surface area (Å²) >= 11 is 0. The van der Waals surface area contributed by atoms with Gasteiger partial charge in [-0.15, -0.1) is 0 Å². The maximum absolute atomic E-state index is 9.87. The lowest BCUT2D eigenvalue weighted by Gasteiger charge is -2.24. The topological polar surface area (TPSA) is 41.6 Å². The molecule has 0 spiro atoms. The number of fused-ring (bicyclic) bond motifs is 8. The van der Waals surface area contributed by atoms with E-state index >= 15 is 0 Å². The van der Waals surface area contributed by atoms with Gasteiger partial charge in [0.2, 0.25) is 0 Å². The molecule has 0 saturated carbocycles. The maximum Gasteiger partial charge on any atom is 0.0991 e. The van der Waals surface area contributed by atoms with E-state index in [1.807, 2.05) is 18.2 Å². The van der Waals surface area contributed by atoms with Crippen molar-refractivity contribution in [2.45, 2.75) is 19.3 Å². The number of benzene rings is 7. The van der Waals surface area contributed by atoms with E-state index in [9.17, 15) is 5.26 Å². The molecule has 0 amide bonds. The largest absolute Gasteiger partial charge is 0.309 e. The number of aromatic nitrogens is 2. The Morgan fingerprint density at radius 2 is 1.27 bits per heavy atom. The van der Waals surface area contributed by atoms with Crippen LogP contribution in [-0.2, 0) is 5.41 Å². The van der Waals surface area contributed by atoms with Crippen LogP contribution in [0.5, 0.6) is 0 Å². The Balaban J connectivity index is 1.31. The molecule has 0 bridgehead atoms. The average Bonchev–Trinajstić information content (AvgIpc) is 3.66. The van der Waals surface area contributed by atoms with Gasteiger partial charge in [0.15, 0.2) is 0 Å². The first-order valence-electron chi connectivity index (χ1n) is 17.8. The van der Waals surface area contributed by atoms with Crippen LogP contribution in [0.25, 0.3) is 83.0 Å². The Labute approximate surface area is 302 Å². The van der Waals surface area contributed by atoms with E-state index in [-0.39, 0.29) is 5.41 Å². The number of hydrogen-bond acceptors (Lipinski definition) is 2. The van der Waals surface area contributed by atoms with Gasteiger partial charge in [0, 0.05) is 32.8 Å². The van der Waals surface area contributed by atoms with Crippen molar-refractivity contribution in [3.8, 4) is 56.4 Å². The highest BCUT2D eigenvalue weighted by Gasteiger charge is 2.38. The summed E-state index contributed by atoms with van der Waals surface area (Å²) in [5.41, 5.74) is 16.3. The van der Waals surface area contributed by atoms with Gasteiger partial charge < -0.3 is 4.57 Å². The molecule has 0 radical (unpaired) electrons. The zero-order valence-corrected chi connectivity index (χ0v) is 28.9. The molecule has 1 aliphatic rings. The fraction of sp³-hybridized carbons (Fsp3) is 0.0612. The lowest BCUT2D eigenvalue weighted by Crippen LogP contribution is -2.16. The molecule has 2 aromatic heterocycles. The van der Waals surface area contributed by atoms with E-state index in [2.05, 4.69) is 170 Å². The zero-order valence-electron chi connectivity index (χ0n) is 28.9. The van der Waals surface area contributed by atoms with Crippen LogP contribution < -0.4 is 0 Å². The van der Waals surface area contributed by atoms with Gasteiger partial charge in [0.25, 0.3) is 0 Å². The molecule has 10 rings (SSSR count). The molecule has 7 aromatic carbocycles. The van der Waals surface area contributed by atoms with Crippen molar-refractivity contribution in [3.63, 3.8) is 0 Å². The fourth-order valence-corrected chi connectivity index (χ4v) is 8.58. The number of hydrogen-bond donors (Lipinski definition) is 0. The van der Waals surface area contributed by atoms with Crippen LogP contribution in [0, 0.1) is 11.3 Å². The van der Waals surface area contributed by atoms with Crippen molar-refractivity contribution in [2.75, 3.05) is 0 Å². The maximum atomic E-state index is 9.87. The first kappa shape index (κ1) is 30.1. The Morgan fingerprint density at radius 3 is 2.13 bits per heavy atom. The second-order valence-corrected chi connectivity index (χ2v) is 14.3. The van der Waals surface area contributed by atoms with E-state index in [0.29, 0.717) is 5.56 Å². The molecular formula is C49H33N3. The van der Waals surface area contributed by atoms with Gasteiger partial charge in [-0.1, -0.05) is 129 Å². The van der Waals surface area contributed by atoms with Crippen molar-refractivity contribution in [1.29, 1.82) is 5.26 Å². The first-order valence-corrected chi connectivity index (χ1v) is 17.8. The number of pyridine rings is 1. The molecule has 52 heavy (non-hydrogen) atoms. The molecule has 0 aliphatic heterocycles. The lowest BCUT2D eigenvalue weighted by molar-refractivity contribution is 0.664. The summed E-state index contributed by atoms with van der Waals surface area (Å²) in [6.45, 7) is 4.72. The molecule has 0 saturated heterocycles. The van der Waals surface area contributed by atoms with Crippen LogP contribution >= 0.6 is 0 Å². The number of nitrogens with zero attached hydrogens (tertiary/aromatic N) is 3. The van der Waals surface area contributed by atoms with Crippen LogP contribution in [0.3, 0.4) is 0 Å². The predicted octanol–water partition coefficient (Wildman–Crippen LogP) is 12.5. The molecule has 0 fully saturated rings. The number of rotatable bonds is 4. The van der Waals surface area contributed by atoms with Crippen molar-refractivity contribution in [1.82, 2.24) is 9.55 Å². The molecule has 0 unspecified atom stereocenters. The highest BCUT2D eigenvalue weighted by molar-refractivity contribution is 6.13. The van der Waals surface area contributed by atoms with E-state index in [0.717, 1.165) is 55.6 Å². The highest BCUT2D eigenvalue weighted by Crippen LogP contribution is 2.53. The average molecular weight is 664 g/mol. The van der Waals surface area contributed by atoms with Crippen LogP contribution in [0.2, 0.25) is 0 Å². The summed E-state index contributed by atoms with van der Waals surface area (Å²) in [7, 11) is 0. The molecule has 9 aromatic rings. The Kier molecular flexibility index (Phi) is 6.59. The summed E-state index contributed by atoms with van der Waals surface area (Å²) in [6, 6.07) is 60.5. The summed E-state index contributed by atoms with van der Waals surface area (Å²) in [5.74, 6) is 0. The predicted molar refractivity (Wildman–Crippen MR) is 215 cm³/mol. The molecule has 3 nitrogen and oxygen atoms in total. The van der Waals surface area contributed by atoms with Crippen molar-refractivity contribution >= 4 is 32.7 Å². The molecule has 3 heteroatoms. The summed E-state index contributed by atoms with van der Waals surface area (Å²) in [5, 5.41) is 13.5. The van der Waals surface area contributed by atoms with Crippen molar-refractivity contribution < 1.29 is 0 Å². The summed E-state index contributed by atoms with van der Waals surface area (Å²) in [6.07, 6.45) is 0. The van der Waals surface area contributed by atoms with E-state index in [4.69, 9.17) is 4.98 Å². The first-order chi connectivity index (χ1) is 25.5. The van der Waals surface area contributed by atoms with Crippen molar-refractivity contribution in [2.24, 2.45) is 0 Å². The van der Waals surface area contributed by atoms with Gasteiger partial charge in [0.05, 0.1) is 33.9 Å². The van der Waals surface area contributed by atoms with Gasteiger partial charge in [-0.05, 0) is 93.0 Å². The minimum absolute atomic E-state index is 0.205. The van der Waals surface area contributed by atoms with Gasteiger partial charge in [-0.2, -0.15) is 5.26 Å². The van der Waals surface area contributed by atoms with E-state index < -0.39 is 0 Å². The Morgan fingerprint density at radius 1 is 0.538 bits per heavy atom. The second-order valence-electron chi connectivity index (χ2n) is 14.3. The van der Waals surface area contributed by atoms with E-state index in [1.54, 1.807) is 0 Å². The smallest absolute Gasteiger partial charge is 0.0991 e. The van der Waals surface area contributed by atoms with Crippen molar-refractivity contribution in [3.05, 3.63) is 180 Å². The Bertz CT molecular complexity index is 2940. The third kappa shape index (κ3) is 4.48. The molecule has 0 N–H and O–H groups in total. The molecular weight excluding hydrogens is 631 g/mol. The van der Waals surface area contributed by atoms with Crippen LogP contribution in [0.4, 0.5) is 0 Å². The highest BCUT2D eigenvalue weighted by atomic mass is 15.0. The normalized spacial score (nSPS) is 12.9. The third-order valence-corrected chi connectivity index (χ3v) is 10.9. The molecule has 244 valence electrons. The van der Waals surface area contributed by atoms with Gasteiger partial charge in [-0.3, -0.25) is 0 Å². The monoisotopic (exact) mass is 663 g/mol. The Hall–Kier alpha value is -6.76.